The number of carbonyl (C=O) groups is 2. The minimum Gasteiger partial charge on any atom is -0.497 e. The number of aromatic nitrogens is 4. The Balaban J connectivity index is 1.37. The zero-order valence-corrected chi connectivity index (χ0v) is 20.4. The molecule has 3 aromatic rings. The lowest BCUT2D eigenvalue weighted by Gasteiger charge is -2.17. The van der Waals surface area contributed by atoms with Gasteiger partial charge in [-0.15, -0.1) is 0 Å². The highest BCUT2D eigenvalue weighted by Gasteiger charge is 2.35. The Morgan fingerprint density at radius 2 is 2.03 bits per heavy atom. The Labute approximate surface area is 202 Å². The van der Waals surface area contributed by atoms with E-state index in [-0.39, 0.29) is 24.2 Å². The molecule has 10 nitrogen and oxygen atoms in total. The van der Waals surface area contributed by atoms with E-state index in [0.29, 0.717) is 24.8 Å². The fraction of sp³-hybridized carbons (Fsp3) is 0.435. The molecule has 1 aromatic carbocycles. The second-order valence-corrected chi connectivity index (χ2v) is 8.76. The van der Waals surface area contributed by atoms with Crippen LogP contribution in [0.25, 0.3) is 11.0 Å². The number of hydrogen-bond donors (Lipinski definition) is 2. The molecule has 2 amide bonds. The van der Waals surface area contributed by atoms with Crippen molar-refractivity contribution in [3.8, 4) is 5.75 Å². The highest BCUT2D eigenvalue weighted by molar-refractivity contribution is 7.98. The summed E-state index contributed by atoms with van der Waals surface area (Å²) in [5.41, 5.74) is 1.50. The van der Waals surface area contributed by atoms with Crippen molar-refractivity contribution in [1.82, 2.24) is 25.1 Å². The lowest BCUT2D eigenvalue weighted by Crippen LogP contribution is -2.35. The maximum absolute atomic E-state index is 12.8. The van der Waals surface area contributed by atoms with Crippen LogP contribution < -0.4 is 20.3 Å². The van der Waals surface area contributed by atoms with Gasteiger partial charge in [-0.3, -0.25) is 9.59 Å². The summed E-state index contributed by atoms with van der Waals surface area (Å²) < 4.78 is 6.94. The summed E-state index contributed by atoms with van der Waals surface area (Å²) >= 11 is 1.47. The first-order valence-electron chi connectivity index (χ1n) is 11.3. The van der Waals surface area contributed by atoms with E-state index in [9.17, 15) is 9.59 Å². The van der Waals surface area contributed by atoms with E-state index in [1.807, 2.05) is 18.4 Å². The lowest BCUT2D eigenvalue weighted by molar-refractivity contribution is -0.126. The normalized spacial score (nSPS) is 15.7. The summed E-state index contributed by atoms with van der Waals surface area (Å²) in [4.78, 5) is 36.1. The monoisotopic (exact) mass is 483 g/mol. The number of nitrogens with zero attached hydrogens (tertiary/aromatic N) is 5. The van der Waals surface area contributed by atoms with Crippen LogP contribution in [0.15, 0.2) is 35.6 Å². The molecule has 0 saturated carbocycles. The Morgan fingerprint density at radius 3 is 2.74 bits per heavy atom. The smallest absolute Gasteiger partial charge is 0.227 e. The molecule has 0 bridgehead atoms. The van der Waals surface area contributed by atoms with Gasteiger partial charge in [-0.1, -0.05) is 18.7 Å². The first-order chi connectivity index (χ1) is 16.5. The van der Waals surface area contributed by atoms with Crippen molar-refractivity contribution in [2.75, 3.05) is 43.2 Å². The average molecular weight is 484 g/mol. The molecule has 1 atom stereocenters. The Bertz CT molecular complexity index is 1170. The number of benzene rings is 1. The Kier molecular flexibility index (Phi) is 7.51. The number of ether oxygens (including phenoxy) is 1. The van der Waals surface area contributed by atoms with Crippen molar-refractivity contribution >= 4 is 46.1 Å². The molecule has 2 N–H and O–H groups in total. The summed E-state index contributed by atoms with van der Waals surface area (Å²) in [6, 6.07) is 7.27. The fourth-order valence-electron chi connectivity index (χ4n) is 3.89. The van der Waals surface area contributed by atoms with E-state index < -0.39 is 0 Å². The predicted molar refractivity (Wildman–Crippen MR) is 132 cm³/mol. The summed E-state index contributed by atoms with van der Waals surface area (Å²) in [6.45, 7) is 4.13. The average Bonchev–Trinajstić information content (AvgIpc) is 3.46. The molecular weight excluding hydrogens is 454 g/mol. The predicted octanol–water partition coefficient (Wildman–Crippen LogP) is 2.55. The van der Waals surface area contributed by atoms with Crippen molar-refractivity contribution in [2.24, 2.45) is 5.92 Å². The van der Waals surface area contributed by atoms with Crippen molar-refractivity contribution in [2.45, 2.75) is 31.5 Å². The van der Waals surface area contributed by atoms with Crippen LogP contribution in [-0.2, 0) is 16.1 Å². The van der Waals surface area contributed by atoms with Gasteiger partial charge in [0.15, 0.2) is 10.8 Å². The van der Waals surface area contributed by atoms with Crippen LogP contribution in [0.1, 0.15) is 19.8 Å². The van der Waals surface area contributed by atoms with Crippen LogP contribution in [0.3, 0.4) is 0 Å². The van der Waals surface area contributed by atoms with E-state index in [1.165, 1.54) is 11.8 Å². The fourth-order valence-corrected chi connectivity index (χ4v) is 4.25. The van der Waals surface area contributed by atoms with Gasteiger partial charge in [-0.2, -0.15) is 5.10 Å². The number of nitrogens with one attached hydrogen (secondary N) is 2. The van der Waals surface area contributed by atoms with Crippen LogP contribution in [0.5, 0.6) is 5.75 Å². The third kappa shape index (κ3) is 5.09. The van der Waals surface area contributed by atoms with Crippen molar-refractivity contribution in [1.29, 1.82) is 0 Å². The zero-order valence-electron chi connectivity index (χ0n) is 19.6. The van der Waals surface area contributed by atoms with Crippen LogP contribution in [0.2, 0.25) is 0 Å². The van der Waals surface area contributed by atoms with E-state index in [2.05, 4.69) is 32.6 Å². The minimum atomic E-state index is -0.390. The van der Waals surface area contributed by atoms with E-state index in [1.54, 1.807) is 35.0 Å². The third-order valence-corrected chi connectivity index (χ3v) is 6.25. The molecule has 1 saturated heterocycles. The zero-order chi connectivity index (χ0) is 24.1. The van der Waals surface area contributed by atoms with Gasteiger partial charge in [-0.25, -0.2) is 14.6 Å². The van der Waals surface area contributed by atoms with Gasteiger partial charge in [0.2, 0.25) is 11.8 Å². The second-order valence-electron chi connectivity index (χ2n) is 7.99. The largest absolute Gasteiger partial charge is 0.497 e. The number of hydrogen-bond acceptors (Lipinski definition) is 8. The number of anilines is 2. The van der Waals surface area contributed by atoms with E-state index in [4.69, 9.17) is 4.74 Å². The molecule has 1 aliphatic heterocycles. The molecule has 180 valence electrons. The molecule has 4 rings (SSSR count). The van der Waals surface area contributed by atoms with Crippen LogP contribution in [0, 0.1) is 5.92 Å². The van der Waals surface area contributed by atoms with Gasteiger partial charge in [0, 0.05) is 31.7 Å². The second kappa shape index (κ2) is 10.7. The third-order valence-electron chi connectivity index (χ3n) is 5.70. The van der Waals surface area contributed by atoms with Crippen molar-refractivity contribution in [3.05, 3.63) is 30.5 Å². The minimum absolute atomic E-state index is 0.0585. The molecule has 34 heavy (non-hydrogen) atoms. The summed E-state index contributed by atoms with van der Waals surface area (Å²) in [5.74, 6) is 0.912. The lowest BCUT2D eigenvalue weighted by atomic mass is 10.1. The molecule has 1 fully saturated rings. The molecule has 1 unspecified atom stereocenters. The molecule has 0 spiro atoms. The molecule has 0 aliphatic carbocycles. The number of thioether (sulfide) groups is 1. The highest BCUT2D eigenvalue weighted by Crippen LogP contribution is 2.27. The first kappa shape index (κ1) is 23.8. The molecule has 3 heterocycles. The van der Waals surface area contributed by atoms with Gasteiger partial charge in [-0.05, 0) is 36.9 Å². The summed E-state index contributed by atoms with van der Waals surface area (Å²) in [7, 11) is 1.60. The van der Waals surface area contributed by atoms with Crippen molar-refractivity contribution < 1.29 is 14.3 Å². The number of rotatable bonds is 10. The molecule has 2 aromatic heterocycles. The highest BCUT2D eigenvalue weighted by atomic mass is 32.2. The van der Waals surface area contributed by atoms with E-state index in [0.717, 1.165) is 41.3 Å². The number of carbonyl (C=O) groups excluding carboxylic acids is 2. The van der Waals surface area contributed by atoms with Gasteiger partial charge >= 0.3 is 0 Å². The Hall–Kier alpha value is -3.34. The number of fused-ring (bicyclic) bond motifs is 1. The van der Waals surface area contributed by atoms with Crippen LogP contribution >= 0.6 is 11.8 Å². The number of amides is 2. The maximum Gasteiger partial charge on any atom is 0.227 e. The van der Waals surface area contributed by atoms with Gasteiger partial charge in [0.1, 0.15) is 11.6 Å². The summed E-state index contributed by atoms with van der Waals surface area (Å²) in [6.07, 6.45) is 4.87. The maximum atomic E-state index is 12.8. The Morgan fingerprint density at radius 1 is 1.24 bits per heavy atom. The first-order valence-corrected chi connectivity index (χ1v) is 12.5. The topological polar surface area (TPSA) is 114 Å². The molecule has 11 heteroatoms. The SMILES string of the molecule is CCCNc1nc(SC)nc2c1cnn2CCNC(=O)C1CC(=O)N(c2ccc(OC)cc2)C1. The standard InChI is InChI=1S/C23H29N7O3S/c1-4-9-24-20-18-13-26-30(21(18)28-23(27-20)34-3)11-10-25-22(32)15-12-19(31)29(14-15)16-5-7-17(33-2)8-6-16/h5-8,13,15H,4,9-12,14H2,1-3H3,(H,25,32)(H,24,27,28). The van der Waals surface area contributed by atoms with Gasteiger partial charge in [0.25, 0.3) is 0 Å². The van der Waals surface area contributed by atoms with Crippen molar-refractivity contribution in [3.63, 3.8) is 0 Å². The molecular formula is C23H29N7O3S. The number of methoxy groups -OCH3 is 1. The van der Waals surface area contributed by atoms with Gasteiger partial charge < -0.3 is 20.3 Å². The van der Waals surface area contributed by atoms with Gasteiger partial charge in [0.05, 0.1) is 31.2 Å². The quantitative estimate of drug-likeness (QED) is 0.334. The molecule has 0 radical (unpaired) electrons. The van der Waals surface area contributed by atoms with Crippen LogP contribution in [0.4, 0.5) is 11.5 Å². The van der Waals surface area contributed by atoms with Crippen LogP contribution in [-0.4, -0.2) is 64.6 Å². The van der Waals surface area contributed by atoms with E-state index >= 15 is 0 Å². The summed E-state index contributed by atoms with van der Waals surface area (Å²) in [5, 5.41) is 12.3. The molecule has 1 aliphatic rings.